The molecule has 0 saturated heterocycles. The van der Waals surface area contributed by atoms with E-state index in [0.717, 1.165) is 34.0 Å². The molecular formula is C16H15ClOS. The number of hydrogen-bond acceptors (Lipinski definition) is 2. The minimum absolute atomic E-state index is 0.754. The lowest BCUT2D eigenvalue weighted by Crippen LogP contribution is -2.04. The second-order valence-electron chi connectivity index (χ2n) is 4.37. The molecule has 0 N–H and O–H groups in total. The van der Waals surface area contributed by atoms with Gasteiger partial charge in [0.15, 0.2) is 0 Å². The van der Waals surface area contributed by atoms with Crippen molar-refractivity contribution in [3.05, 3.63) is 64.7 Å². The maximum absolute atomic E-state index is 5.96. The van der Waals surface area contributed by atoms with Crippen molar-refractivity contribution < 1.29 is 4.74 Å². The molecule has 2 rings (SSSR count). The van der Waals surface area contributed by atoms with Gasteiger partial charge in [0.05, 0.1) is 7.11 Å². The van der Waals surface area contributed by atoms with Gasteiger partial charge in [-0.1, -0.05) is 48.1 Å². The molecule has 0 unspecified atom stereocenters. The van der Waals surface area contributed by atoms with Crippen LogP contribution in [0.3, 0.4) is 0 Å². The molecule has 0 aromatic heterocycles. The van der Waals surface area contributed by atoms with Gasteiger partial charge in [-0.15, -0.1) is 0 Å². The normalized spacial score (nSPS) is 10.2. The lowest BCUT2D eigenvalue weighted by molar-refractivity contribution is 0.414. The lowest BCUT2D eigenvalue weighted by atomic mass is 10.0. The molecule has 0 aliphatic rings. The van der Waals surface area contributed by atoms with Crippen molar-refractivity contribution in [2.45, 2.75) is 12.8 Å². The van der Waals surface area contributed by atoms with Gasteiger partial charge in [0.25, 0.3) is 0 Å². The first-order valence-corrected chi connectivity index (χ1v) is 6.85. The quantitative estimate of drug-likeness (QED) is 0.750. The second-order valence-corrected chi connectivity index (χ2v) is 5.38. The van der Waals surface area contributed by atoms with Crippen LogP contribution in [0.1, 0.15) is 11.1 Å². The molecule has 0 saturated carbocycles. The predicted octanol–water partition coefficient (Wildman–Crippen LogP) is 4.50. The van der Waals surface area contributed by atoms with Crippen molar-refractivity contribution in [1.29, 1.82) is 0 Å². The third-order valence-electron chi connectivity index (χ3n) is 2.85. The summed E-state index contributed by atoms with van der Waals surface area (Å²) >= 11 is 11.4. The Morgan fingerprint density at radius 3 is 2.37 bits per heavy atom. The SMILES string of the molecule is COc1ccc(CC(=S)Cc2cccc(Cl)c2)cc1. The highest BCUT2D eigenvalue weighted by Gasteiger charge is 2.02. The summed E-state index contributed by atoms with van der Waals surface area (Å²) in [6.07, 6.45) is 1.58. The highest BCUT2D eigenvalue weighted by molar-refractivity contribution is 7.80. The molecular weight excluding hydrogens is 276 g/mol. The first-order chi connectivity index (χ1) is 9.17. The smallest absolute Gasteiger partial charge is 0.118 e. The van der Waals surface area contributed by atoms with Crippen LogP contribution in [0.2, 0.25) is 5.02 Å². The van der Waals surface area contributed by atoms with E-state index in [4.69, 9.17) is 28.6 Å². The van der Waals surface area contributed by atoms with Crippen LogP contribution in [-0.2, 0) is 12.8 Å². The fraction of sp³-hybridized carbons (Fsp3) is 0.188. The number of hydrogen-bond donors (Lipinski definition) is 0. The van der Waals surface area contributed by atoms with Crippen LogP contribution in [0.5, 0.6) is 5.75 Å². The summed E-state index contributed by atoms with van der Waals surface area (Å²) in [5.74, 6) is 0.865. The fourth-order valence-electron chi connectivity index (χ4n) is 1.91. The molecule has 0 amide bonds. The number of rotatable bonds is 5. The van der Waals surface area contributed by atoms with E-state index in [9.17, 15) is 0 Å². The van der Waals surface area contributed by atoms with Crippen LogP contribution in [0, 0.1) is 0 Å². The van der Waals surface area contributed by atoms with Crippen LogP contribution in [0.15, 0.2) is 48.5 Å². The molecule has 0 heterocycles. The van der Waals surface area contributed by atoms with Crippen molar-refractivity contribution in [2.24, 2.45) is 0 Å². The standard InChI is InChI=1S/C16H15ClOS/c1-18-15-7-5-12(6-8-15)10-16(19)11-13-3-2-4-14(17)9-13/h2-9H,10-11H2,1H3. The maximum atomic E-state index is 5.96. The number of thiocarbonyl (C=S) groups is 1. The van der Waals surface area contributed by atoms with Crippen LogP contribution in [0.4, 0.5) is 0 Å². The van der Waals surface area contributed by atoms with Crippen molar-refractivity contribution in [2.75, 3.05) is 7.11 Å². The zero-order chi connectivity index (χ0) is 13.7. The highest BCUT2D eigenvalue weighted by atomic mass is 35.5. The van der Waals surface area contributed by atoms with E-state index in [1.807, 2.05) is 48.5 Å². The van der Waals surface area contributed by atoms with Crippen molar-refractivity contribution >= 4 is 28.7 Å². The van der Waals surface area contributed by atoms with Crippen molar-refractivity contribution in [3.8, 4) is 5.75 Å². The van der Waals surface area contributed by atoms with Crippen LogP contribution >= 0.6 is 23.8 Å². The molecule has 2 aromatic carbocycles. The zero-order valence-electron chi connectivity index (χ0n) is 10.7. The van der Waals surface area contributed by atoms with Crippen molar-refractivity contribution in [1.82, 2.24) is 0 Å². The molecule has 0 aliphatic carbocycles. The Bertz CT molecular complexity index is 563. The molecule has 0 spiro atoms. The number of methoxy groups -OCH3 is 1. The summed E-state index contributed by atoms with van der Waals surface area (Å²) in [5.41, 5.74) is 2.36. The summed E-state index contributed by atoms with van der Waals surface area (Å²) < 4.78 is 5.14. The minimum atomic E-state index is 0.754. The van der Waals surface area contributed by atoms with Crippen LogP contribution in [-0.4, -0.2) is 12.0 Å². The number of ether oxygens (including phenoxy) is 1. The van der Waals surface area contributed by atoms with Gasteiger partial charge >= 0.3 is 0 Å². The average molecular weight is 291 g/mol. The minimum Gasteiger partial charge on any atom is -0.497 e. The Morgan fingerprint density at radius 2 is 1.74 bits per heavy atom. The molecule has 0 atom stereocenters. The zero-order valence-corrected chi connectivity index (χ0v) is 12.3. The Labute approximate surface area is 124 Å². The molecule has 3 heteroatoms. The van der Waals surface area contributed by atoms with Crippen LogP contribution in [0.25, 0.3) is 0 Å². The van der Waals surface area contributed by atoms with E-state index in [0.29, 0.717) is 0 Å². The first-order valence-electron chi connectivity index (χ1n) is 6.06. The molecule has 0 radical (unpaired) electrons. The van der Waals surface area contributed by atoms with Gasteiger partial charge in [-0.25, -0.2) is 0 Å². The van der Waals surface area contributed by atoms with Gasteiger partial charge in [-0.3, -0.25) is 0 Å². The Morgan fingerprint density at radius 1 is 1.05 bits per heavy atom. The summed E-state index contributed by atoms with van der Waals surface area (Å²) in [4.78, 5) is 1.01. The molecule has 1 nitrogen and oxygen atoms in total. The van der Waals surface area contributed by atoms with Crippen LogP contribution < -0.4 is 4.74 Å². The van der Waals surface area contributed by atoms with E-state index < -0.39 is 0 Å². The summed E-state index contributed by atoms with van der Waals surface area (Å²) in [6, 6.07) is 15.8. The van der Waals surface area contributed by atoms with Gasteiger partial charge in [0.2, 0.25) is 0 Å². The average Bonchev–Trinajstić information content (AvgIpc) is 2.39. The van der Waals surface area contributed by atoms with Gasteiger partial charge in [-0.05, 0) is 35.4 Å². The number of halogens is 1. The van der Waals surface area contributed by atoms with E-state index in [2.05, 4.69) is 0 Å². The maximum Gasteiger partial charge on any atom is 0.118 e. The molecule has 2 aromatic rings. The van der Waals surface area contributed by atoms with Gasteiger partial charge in [0, 0.05) is 22.7 Å². The molecule has 19 heavy (non-hydrogen) atoms. The summed E-state index contributed by atoms with van der Waals surface area (Å²) in [5, 5.41) is 0.754. The third-order valence-corrected chi connectivity index (χ3v) is 3.37. The van der Waals surface area contributed by atoms with E-state index in [-0.39, 0.29) is 0 Å². The van der Waals surface area contributed by atoms with Crippen molar-refractivity contribution in [3.63, 3.8) is 0 Å². The van der Waals surface area contributed by atoms with Gasteiger partial charge in [0.1, 0.15) is 5.75 Å². The first kappa shape index (κ1) is 14.0. The third kappa shape index (κ3) is 4.34. The fourth-order valence-corrected chi connectivity index (χ4v) is 2.45. The summed E-state index contributed by atoms with van der Waals surface area (Å²) in [7, 11) is 1.67. The Hall–Kier alpha value is -1.38. The topological polar surface area (TPSA) is 9.23 Å². The van der Waals surface area contributed by atoms with E-state index in [1.54, 1.807) is 7.11 Å². The number of benzene rings is 2. The monoisotopic (exact) mass is 290 g/mol. The van der Waals surface area contributed by atoms with E-state index in [1.165, 1.54) is 5.56 Å². The molecule has 0 aliphatic heterocycles. The van der Waals surface area contributed by atoms with E-state index >= 15 is 0 Å². The Balaban J connectivity index is 1.97. The largest absolute Gasteiger partial charge is 0.497 e. The van der Waals surface area contributed by atoms with Gasteiger partial charge in [-0.2, -0.15) is 0 Å². The second kappa shape index (κ2) is 6.69. The molecule has 0 bridgehead atoms. The Kier molecular flexibility index (Phi) is 4.94. The predicted molar refractivity (Wildman–Crippen MR) is 84.5 cm³/mol. The molecule has 98 valence electrons. The summed E-state index contributed by atoms with van der Waals surface area (Å²) in [6.45, 7) is 0. The highest BCUT2D eigenvalue weighted by Crippen LogP contribution is 2.15. The molecule has 0 fully saturated rings. The van der Waals surface area contributed by atoms with Gasteiger partial charge < -0.3 is 4.74 Å². The lowest BCUT2D eigenvalue weighted by Gasteiger charge is -2.06.